The summed E-state index contributed by atoms with van der Waals surface area (Å²) in [4.78, 5) is 4.69. The molecule has 0 N–H and O–H groups in total. The van der Waals surface area contributed by atoms with Crippen molar-refractivity contribution in [1.82, 2.24) is 0 Å². The fourth-order valence-electron chi connectivity index (χ4n) is 6.96. The van der Waals surface area contributed by atoms with Gasteiger partial charge in [-0.25, -0.2) is 0 Å². The first-order chi connectivity index (χ1) is 24.3. The molecule has 9 aromatic rings. The third kappa shape index (κ3) is 5.09. The van der Waals surface area contributed by atoms with Crippen LogP contribution >= 0.6 is 0 Å². The van der Waals surface area contributed by atoms with Crippen molar-refractivity contribution in [3.63, 3.8) is 0 Å². The largest absolute Gasteiger partial charge is 0.453 e. The predicted molar refractivity (Wildman–Crippen MR) is 206 cm³/mol. The second-order valence-corrected chi connectivity index (χ2v) is 12.2. The summed E-state index contributed by atoms with van der Waals surface area (Å²) in [6.07, 6.45) is 0. The van der Waals surface area contributed by atoms with Gasteiger partial charge in [-0.2, -0.15) is 0 Å². The van der Waals surface area contributed by atoms with E-state index in [4.69, 9.17) is 4.42 Å². The van der Waals surface area contributed by atoms with E-state index < -0.39 is 0 Å². The Morgan fingerprint density at radius 1 is 0.327 bits per heavy atom. The lowest BCUT2D eigenvalue weighted by Crippen LogP contribution is -2.17. The molecule has 0 atom stereocenters. The van der Waals surface area contributed by atoms with Crippen molar-refractivity contribution in [1.29, 1.82) is 0 Å². The normalized spacial score (nSPS) is 11.3. The zero-order chi connectivity index (χ0) is 32.6. The van der Waals surface area contributed by atoms with E-state index in [1.54, 1.807) is 0 Å². The first-order valence-corrected chi connectivity index (χ1v) is 16.6. The lowest BCUT2D eigenvalue weighted by Gasteiger charge is -2.33. The Hall–Kier alpha value is -6.58. The van der Waals surface area contributed by atoms with Crippen molar-refractivity contribution >= 4 is 66.8 Å². The molecular formula is C46H32N2O. The zero-order valence-electron chi connectivity index (χ0n) is 26.8. The highest BCUT2D eigenvalue weighted by atomic mass is 16.3. The lowest BCUT2D eigenvalue weighted by atomic mass is 10.0. The second kappa shape index (κ2) is 12.2. The van der Waals surface area contributed by atoms with E-state index in [0.717, 1.165) is 72.4 Å². The van der Waals surface area contributed by atoms with E-state index in [1.807, 2.05) is 0 Å². The molecule has 0 amide bonds. The van der Waals surface area contributed by atoms with Crippen LogP contribution in [-0.2, 0) is 0 Å². The van der Waals surface area contributed by atoms with Crippen LogP contribution in [0.5, 0.6) is 0 Å². The van der Waals surface area contributed by atoms with Crippen LogP contribution in [-0.4, -0.2) is 0 Å². The maximum atomic E-state index is 7.11. The van der Waals surface area contributed by atoms with Crippen molar-refractivity contribution < 1.29 is 4.42 Å². The van der Waals surface area contributed by atoms with E-state index in [1.165, 1.54) is 5.56 Å². The minimum atomic E-state index is 0.830. The fraction of sp³-hybridized carbons (Fsp3) is 0. The number of hydrogen-bond acceptors (Lipinski definition) is 3. The minimum Gasteiger partial charge on any atom is -0.453 e. The molecule has 232 valence electrons. The summed E-state index contributed by atoms with van der Waals surface area (Å²) in [5, 5.41) is 4.43. The van der Waals surface area contributed by atoms with Gasteiger partial charge in [0.05, 0.1) is 5.69 Å². The molecular weight excluding hydrogens is 597 g/mol. The highest BCUT2D eigenvalue weighted by Gasteiger charge is 2.27. The molecule has 0 unspecified atom stereocenters. The van der Waals surface area contributed by atoms with Gasteiger partial charge in [0.1, 0.15) is 11.3 Å². The van der Waals surface area contributed by atoms with Crippen molar-refractivity contribution in [2.45, 2.75) is 0 Å². The quantitative estimate of drug-likeness (QED) is 0.175. The van der Waals surface area contributed by atoms with Gasteiger partial charge < -0.3 is 14.2 Å². The Morgan fingerprint density at radius 3 is 1.51 bits per heavy atom. The number of hydrogen-bond donors (Lipinski definition) is 0. The average Bonchev–Trinajstić information content (AvgIpc) is 3.57. The average molecular weight is 629 g/mol. The molecule has 3 heteroatoms. The Morgan fingerprint density at radius 2 is 0.837 bits per heavy atom. The first kappa shape index (κ1) is 28.6. The molecule has 8 aromatic carbocycles. The Kier molecular flexibility index (Phi) is 7.14. The molecule has 1 heterocycles. The number of anilines is 6. The van der Waals surface area contributed by atoms with Crippen LogP contribution in [0.4, 0.5) is 34.1 Å². The van der Waals surface area contributed by atoms with Crippen LogP contribution in [0.2, 0.25) is 0 Å². The highest BCUT2D eigenvalue weighted by Crippen LogP contribution is 2.51. The van der Waals surface area contributed by atoms with Crippen LogP contribution in [0.15, 0.2) is 199 Å². The topological polar surface area (TPSA) is 19.6 Å². The Bertz CT molecular complexity index is 2500. The summed E-state index contributed by atoms with van der Waals surface area (Å²) in [7, 11) is 0. The van der Waals surface area contributed by atoms with E-state index in [2.05, 4.69) is 204 Å². The monoisotopic (exact) mass is 628 g/mol. The third-order valence-electron chi connectivity index (χ3n) is 9.20. The maximum Gasteiger partial charge on any atom is 0.161 e. The molecule has 0 aliphatic carbocycles. The predicted octanol–water partition coefficient (Wildman–Crippen LogP) is 13.3. The molecule has 0 bridgehead atoms. The van der Waals surface area contributed by atoms with Gasteiger partial charge in [0, 0.05) is 38.9 Å². The van der Waals surface area contributed by atoms with E-state index >= 15 is 0 Å². The standard InChI is InChI=1S/C46H32N2O/c1-5-16-33(17-6-1)35-19-15-26-39(32-35)47(36-20-7-2-8-21-36)43-31-30-42-41-29-28-34-18-13-14-27-40(34)45(41)49-46(42)44(43)48(37-22-9-3-10-23-37)38-24-11-4-12-25-38/h1-32H. The van der Waals surface area contributed by atoms with E-state index in [-0.39, 0.29) is 0 Å². The SMILES string of the molecule is c1ccc(-c2cccc(N(c3ccccc3)c3ccc4c(oc5c6ccccc6ccc45)c3N(c3ccccc3)c3ccccc3)c2)cc1. The van der Waals surface area contributed by atoms with Gasteiger partial charge in [-0.15, -0.1) is 0 Å². The van der Waals surface area contributed by atoms with Crippen LogP contribution in [0, 0.1) is 0 Å². The molecule has 0 aliphatic heterocycles. The molecule has 9 rings (SSSR count). The van der Waals surface area contributed by atoms with Gasteiger partial charge in [0.15, 0.2) is 5.58 Å². The summed E-state index contributed by atoms with van der Waals surface area (Å²) >= 11 is 0. The first-order valence-electron chi connectivity index (χ1n) is 16.6. The van der Waals surface area contributed by atoms with Crippen molar-refractivity contribution in [2.24, 2.45) is 0 Å². The number of fused-ring (bicyclic) bond motifs is 5. The molecule has 0 fully saturated rings. The van der Waals surface area contributed by atoms with Gasteiger partial charge in [-0.05, 0) is 83.2 Å². The van der Waals surface area contributed by atoms with Gasteiger partial charge in [0.2, 0.25) is 0 Å². The van der Waals surface area contributed by atoms with E-state index in [0.29, 0.717) is 0 Å². The summed E-state index contributed by atoms with van der Waals surface area (Å²) in [5.74, 6) is 0. The molecule has 0 saturated heterocycles. The maximum absolute atomic E-state index is 7.11. The summed E-state index contributed by atoms with van der Waals surface area (Å²) in [5.41, 5.74) is 10.2. The van der Waals surface area contributed by atoms with Crippen LogP contribution in [0.1, 0.15) is 0 Å². The van der Waals surface area contributed by atoms with Crippen molar-refractivity contribution in [3.05, 3.63) is 194 Å². The third-order valence-corrected chi connectivity index (χ3v) is 9.20. The smallest absolute Gasteiger partial charge is 0.161 e. The number of rotatable bonds is 7. The summed E-state index contributed by atoms with van der Waals surface area (Å²) in [6.45, 7) is 0. The molecule has 0 spiro atoms. The van der Waals surface area contributed by atoms with Gasteiger partial charge >= 0.3 is 0 Å². The zero-order valence-corrected chi connectivity index (χ0v) is 26.8. The van der Waals surface area contributed by atoms with Gasteiger partial charge in [-0.3, -0.25) is 0 Å². The molecule has 0 radical (unpaired) electrons. The highest BCUT2D eigenvalue weighted by molar-refractivity contribution is 6.19. The fourth-order valence-corrected chi connectivity index (χ4v) is 6.96. The Balaban J connectivity index is 1.40. The van der Waals surface area contributed by atoms with Gasteiger partial charge in [-0.1, -0.05) is 127 Å². The number of furan rings is 1. The Labute approximate surface area is 285 Å². The molecule has 1 aromatic heterocycles. The summed E-state index contributed by atoms with van der Waals surface area (Å²) in [6, 6.07) is 68.4. The number of benzene rings is 8. The minimum absolute atomic E-state index is 0.830. The number of nitrogens with zero attached hydrogens (tertiary/aromatic N) is 2. The van der Waals surface area contributed by atoms with Gasteiger partial charge in [0.25, 0.3) is 0 Å². The van der Waals surface area contributed by atoms with E-state index in [9.17, 15) is 0 Å². The second-order valence-electron chi connectivity index (χ2n) is 12.2. The van der Waals surface area contributed by atoms with Crippen molar-refractivity contribution in [3.8, 4) is 11.1 Å². The molecule has 0 aliphatic rings. The van der Waals surface area contributed by atoms with Crippen molar-refractivity contribution in [2.75, 3.05) is 9.80 Å². The molecule has 0 saturated carbocycles. The molecule has 49 heavy (non-hydrogen) atoms. The number of para-hydroxylation sites is 3. The lowest BCUT2D eigenvalue weighted by molar-refractivity contribution is 0.673. The molecule has 3 nitrogen and oxygen atoms in total. The van der Waals surface area contributed by atoms with Crippen LogP contribution < -0.4 is 9.80 Å². The van der Waals surface area contributed by atoms with Crippen LogP contribution in [0.25, 0.3) is 43.8 Å². The summed E-state index contributed by atoms with van der Waals surface area (Å²) < 4.78 is 7.11. The van der Waals surface area contributed by atoms with Crippen LogP contribution in [0.3, 0.4) is 0 Å².